The maximum atomic E-state index is 11.5. The highest BCUT2D eigenvalue weighted by Gasteiger charge is 2.13. The van der Waals surface area contributed by atoms with Gasteiger partial charge in [-0.15, -0.1) is 0 Å². The van der Waals surface area contributed by atoms with E-state index in [0.717, 1.165) is 5.69 Å². The molecule has 1 rings (SSSR count). The Hall–Kier alpha value is -1.65. The second-order valence-corrected chi connectivity index (χ2v) is 4.64. The van der Waals surface area contributed by atoms with Gasteiger partial charge in [0.05, 0.1) is 12.2 Å². The van der Waals surface area contributed by atoms with Crippen molar-refractivity contribution in [2.45, 2.75) is 33.2 Å². The van der Waals surface area contributed by atoms with E-state index >= 15 is 0 Å². The van der Waals surface area contributed by atoms with Crippen LogP contribution in [-0.4, -0.2) is 28.0 Å². The van der Waals surface area contributed by atoms with Gasteiger partial charge in [0.25, 0.3) is 0 Å². The summed E-state index contributed by atoms with van der Waals surface area (Å²) >= 11 is 0. The first-order valence-corrected chi connectivity index (χ1v) is 5.21. The van der Waals surface area contributed by atoms with Gasteiger partial charge in [-0.1, -0.05) is 0 Å². The molecule has 2 N–H and O–H groups in total. The van der Waals surface area contributed by atoms with E-state index in [1.165, 1.54) is 0 Å². The Morgan fingerprint density at radius 2 is 1.94 bits per heavy atom. The van der Waals surface area contributed by atoms with Crippen molar-refractivity contribution in [3.05, 3.63) is 18.1 Å². The molecule has 0 aliphatic rings. The Balaban J connectivity index is 2.47. The maximum Gasteiger partial charge on any atom is 0.239 e. The minimum Gasteiger partial charge on any atom is -0.360 e. The molecule has 0 bridgehead atoms. The third-order valence-corrected chi connectivity index (χ3v) is 1.81. The van der Waals surface area contributed by atoms with Gasteiger partial charge in [-0.2, -0.15) is 0 Å². The van der Waals surface area contributed by atoms with Crippen molar-refractivity contribution in [3.63, 3.8) is 0 Å². The lowest BCUT2D eigenvalue weighted by Crippen LogP contribution is -2.43. The van der Waals surface area contributed by atoms with Crippen LogP contribution in [0.25, 0.3) is 0 Å². The van der Waals surface area contributed by atoms with Crippen LogP contribution >= 0.6 is 0 Å². The highest BCUT2D eigenvalue weighted by atomic mass is 16.2. The average molecular weight is 222 g/mol. The lowest BCUT2D eigenvalue weighted by molar-refractivity contribution is -0.120. The molecule has 1 heterocycles. The number of aryl methyl sites for hydroxylation is 1. The van der Waals surface area contributed by atoms with Gasteiger partial charge in [-0.05, 0) is 27.7 Å². The summed E-state index contributed by atoms with van der Waals surface area (Å²) < 4.78 is 0. The predicted molar refractivity (Wildman–Crippen MR) is 63.2 cm³/mol. The molecule has 0 fully saturated rings. The molecule has 5 heteroatoms. The van der Waals surface area contributed by atoms with E-state index < -0.39 is 0 Å². The normalized spacial score (nSPS) is 11.0. The van der Waals surface area contributed by atoms with Gasteiger partial charge in [-0.3, -0.25) is 9.78 Å². The number of carbonyl (C=O) groups is 1. The van der Waals surface area contributed by atoms with Crippen LogP contribution in [0.4, 0.5) is 5.82 Å². The molecule has 0 aromatic carbocycles. The zero-order valence-corrected chi connectivity index (χ0v) is 10.2. The van der Waals surface area contributed by atoms with Crippen LogP contribution in [0.15, 0.2) is 12.4 Å². The third kappa shape index (κ3) is 4.25. The molecule has 0 atom stereocenters. The van der Waals surface area contributed by atoms with Crippen LogP contribution in [0.5, 0.6) is 0 Å². The van der Waals surface area contributed by atoms with Crippen molar-refractivity contribution >= 4 is 11.7 Å². The van der Waals surface area contributed by atoms with Crippen LogP contribution in [0.2, 0.25) is 0 Å². The van der Waals surface area contributed by atoms with Crippen molar-refractivity contribution in [1.29, 1.82) is 0 Å². The van der Waals surface area contributed by atoms with Crippen molar-refractivity contribution in [2.75, 3.05) is 11.9 Å². The van der Waals surface area contributed by atoms with Crippen LogP contribution in [0.1, 0.15) is 26.5 Å². The molecule has 16 heavy (non-hydrogen) atoms. The number of nitrogens with one attached hydrogen (secondary N) is 2. The minimum atomic E-state index is -0.212. The maximum absolute atomic E-state index is 11.5. The van der Waals surface area contributed by atoms with Crippen LogP contribution in [-0.2, 0) is 4.79 Å². The summed E-state index contributed by atoms with van der Waals surface area (Å²) in [4.78, 5) is 19.7. The Kier molecular flexibility index (Phi) is 3.82. The molecule has 0 aliphatic heterocycles. The average Bonchev–Trinajstić information content (AvgIpc) is 2.14. The molecule has 0 saturated heterocycles. The molecular weight excluding hydrogens is 204 g/mol. The molecule has 5 nitrogen and oxygen atoms in total. The van der Waals surface area contributed by atoms with Gasteiger partial charge in [-0.25, -0.2) is 4.98 Å². The molecule has 1 aromatic rings. The summed E-state index contributed by atoms with van der Waals surface area (Å²) in [5, 5.41) is 5.81. The van der Waals surface area contributed by atoms with E-state index in [-0.39, 0.29) is 18.0 Å². The lowest BCUT2D eigenvalue weighted by atomic mass is 10.1. The molecule has 88 valence electrons. The lowest BCUT2D eigenvalue weighted by Gasteiger charge is -2.20. The first-order valence-electron chi connectivity index (χ1n) is 5.21. The molecule has 1 amide bonds. The number of aromatic nitrogens is 2. The smallest absolute Gasteiger partial charge is 0.239 e. The van der Waals surface area contributed by atoms with Gasteiger partial charge in [0, 0.05) is 17.9 Å². The zero-order valence-electron chi connectivity index (χ0n) is 10.2. The minimum absolute atomic E-state index is 0.0578. The molecule has 0 spiro atoms. The second kappa shape index (κ2) is 4.92. The summed E-state index contributed by atoms with van der Waals surface area (Å²) in [6, 6.07) is 0. The van der Waals surface area contributed by atoms with Crippen molar-refractivity contribution in [2.24, 2.45) is 0 Å². The van der Waals surface area contributed by atoms with Gasteiger partial charge < -0.3 is 10.6 Å². The summed E-state index contributed by atoms with van der Waals surface area (Å²) in [7, 11) is 0. The zero-order chi connectivity index (χ0) is 12.2. The second-order valence-electron chi connectivity index (χ2n) is 4.64. The number of hydrogen-bond donors (Lipinski definition) is 2. The highest BCUT2D eigenvalue weighted by Crippen LogP contribution is 2.05. The fraction of sp³-hybridized carbons (Fsp3) is 0.545. The van der Waals surface area contributed by atoms with Gasteiger partial charge in [0.1, 0.15) is 5.82 Å². The van der Waals surface area contributed by atoms with Gasteiger partial charge in [0.2, 0.25) is 5.91 Å². The Labute approximate surface area is 95.7 Å². The van der Waals surface area contributed by atoms with Crippen molar-refractivity contribution in [3.8, 4) is 0 Å². The SMILES string of the molecule is Cc1nccnc1NCC(=O)NC(C)(C)C. The highest BCUT2D eigenvalue weighted by molar-refractivity contribution is 5.81. The predicted octanol–water partition coefficient (Wildman–Crippen LogP) is 1.11. The van der Waals surface area contributed by atoms with Crippen LogP contribution < -0.4 is 10.6 Å². The van der Waals surface area contributed by atoms with Crippen molar-refractivity contribution < 1.29 is 4.79 Å². The molecule has 0 saturated carbocycles. The molecule has 0 aliphatic carbocycles. The summed E-state index contributed by atoms with van der Waals surface area (Å²) in [5.74, 6) is 0.587. The Morgan fingerprint density at radius 1 is 1.31 bits per heavy atom. The number of rotatable bonds is 3. The first kappa shape index (κ1) is 12.4. The Morgan fingerprint density at radius 3 is 2.50 bits per heavy atom. The van der Waals surface area contributed by atoms with E-state index in [9.17, 15) is 4.79 Å². The topological polar surface area (TPSA) is 66.9 Å². The number of amides is 1. The van der Waals surface area contributed by atoms with E-state index in [4.69, 9.17) is 0 Å². The van der Waals surface area contributed by atoms with E-state index in [0.29, 0.717) is 5.82 Å². The fourth-order valence-electron chi connectivity index (χ4n) is 1.21. The van der Waals surface area contributed by atoms with E-state index in [1.807, 2.05) is 27.7 Å². The van der Waals surface area contributed by atoms with E-state index in [1.54, 1.807) is 12.4 Å². The summed E-state index contributed by atoms with van der Waals surface area (Å²) in [5.41, 5.74) is 0.571. The largest absolute Gasteiger partial charge is 0.360 e. The van der Waals surface area contributed by atoms with Crippen molar-refractivity contribution in [1.82, 2.24) is 15.3 Å². The van der Waals surface area contributed by atoms with Gasteiger partial charge in [0.15, 0.2) is 0 Å². The standard InChI is InChI=1S/C11H18N4O/c1-8-10(13-6-5-12-8)14-7-9(16)15-11(2,3)4/h5-6H,7H2,1-4H3,(H,13,14)(H,15,16). The quantitative estimate of drug-likeness (QED) is 0.804. The van der Waals surface area contributed by atoms with Gasteiger partial charge >= 0.3 is 0 Å². The first-order chi connectivity index (χ1) is 7.38. The number of anilines is 1. The third-order valence-electron chi connectivity index (χ3n) is 1.81. The molecular formula is C11H18N4O. The summed E-state index contributed by atoms with van der Waals surface area (Å²) in [6.45, 7) is 7.88. The molecule has 0 unspecified atom stereocenters. The summed E-state index contributed by atoms with van der Waals surface area (Å²) in [6.07, 6.45) is 3.22. The number of carbonyl (C=O) groups excluding carboxylic acids is 1. The molecule has 0 radical (unpaired) electrons. The monoisotopic (exact) mass is 222 g/mol. The number of nitrogens with zero attached hydrogens (tertiary/aromatic N) is 2. The van der Waals surface area contributed by atoms with Crippen LogP contribution in [0.3, 0.4) is 0 Å². The number of hydrogen-bond acceptors (Lipinski definition) is 4. The Bertz CT molecular complexity index is 370. The van der Waals surface area contributed by atoms with Crippen LogP contribution in [0, 0.1) is 6.92 Å². The molecule has 1 aromatic heterocycles. The fourth-order valence-corrected chi connectivity index (χ4v) is 1.21. The van der Waals surface area contributed by atoms with E-state index in [2.05, 4.69) is 20.6 Å².